The number of nitro benzene ring substituents is 1. The van der Waals surface area contributed by atoms with Crippen molar-refractivity contribution >= 4 is 33.7 Å². The Bertz CT molecular complexity index is 1100. The van der Waals surface area contributed by atoms with Gasteiger partial charge in [-0.15, -0.1) is 21.5 Å². The van der Waals surface area contributed by atoms with Crippen LogP contribution >= 0.6 is 23.1 Å². The molecule has 4 aromatic rings. The number of thioether (sulfide) groups is 1. The first-order valence-electron chi connectivity index (χ1n) is 7.72. The predicted octanol–water partition coefficient (Wildman–Crippen LogP) is 3.70. The Morgan fingerprint density at radius 3 is 2.77 bits per heavy atom. The van der Waals surface area contributed by atoms with Crippen LogP contribution in [0.15, 0.2) is 41.0 Å². The van der Waals surface area contributed by atoms with E-state index in [4.69, 9.17) is 0 Å². The second-order valence-electron chi connectivity index (χ2n) is 5.68. The van der Waals surface area contributed by atoms with Crippen molar-refractivity contribution in [1.82, 2.24) is 24.1 Å². The number of imidazole rings is 1. The molecule has 3 heterocycles. The summed E-state index contributed by atoms with van der Waals surface area (Å²) in [5.74, 6) is 1.42. The molecule has 0 fully saturated rings. The number of nitrogens with zero attached hydrogens (tertiary/aromatic N) is 6. The largest absolute Gasteiger partial charge is 0.304 e. The molecular weight excluding hydrogens is 372 g/mol. The molecule has 10 heteroatoms. The third-order valence-electron chi connectivity index (χ3n) is 4.00. The van der Waals surface area contributed by atoms with E-state index in [1.165, 1.54) is 23.9 Å². The first-order chi connectivity index (χ1) is 12.5. The van der Waals surface area contributed by atoms with Gasteiger partial charge in [-0.25, -0.2) is 4.98 Å². The number of nitro groups is 1. The summed E-state index contributed by atoms with van der Waals surface area (Å²) in [7, 11) is 1.93. The standard InChI is InChI=1S/C16H14N6O2S2/c1-10-13(21-7-8-25-15(21)17-10)14-18-19-16(20(14)2)26-9-11-3-5-12(6-4-11)22(23)24/h3-8H,9H2,1-2H3. The predicted molar refractivity (Wildman–Crippen MR) is 100 cm³/mol. The number of aryl methyl sites for hydroxylation is 1. The molecule has 0 radical (unpaired) electrons. The quantitative estimate of drug-likeness (QED) is 0.295. The monoisotopic (exact) mass is 386 g/mol. The minimum absolute atomic E-state index is 0.0932. The van der Waals surface area contributed by atoms with Gasteiger partial charge in [-0.2, -0.15) is 0 Å². The number of fused-ring (bicyclic) bond motifs is 1. The minimum Gasteiger partial charge on any atom is -0.304 e. The van der Waals surface area contributed by atoms with Crippen LogP contribution in [-0.2, 0) is 12.8 Å². The summed E-state index contributed by atoms with van der Waals surface area (Å²) in [6.45, 7) is 1.97. The van der Waals surface area contributed by atoms with Gasteiger partial charge >= 0.3 is 0 Å². The third-order valence-corrected chi connectivity index (χ3v) is 5.85. The highest BCUT2D eigenvalue weighted by molar-refractivity contribution is 7.98. The second-order valence-corrected chi connectivity index (χ2v) is 7.49. The highest BCUT2D eigenvalue weighted by Gasteiger charge is 2.19. The van der Waals surface area contributed by atoms with Crippen LogP contribution in [0, 0.1) is 17.0 Å². The molecule has 26 heavy (non-hydrogen) atoms. The van der Waals surface area contributed by atoms with E-state index in [9.17, 15) is 10.1 Å². The van der Waals surface area contributed by atoms with E-state index < -0.39 is 4.92 Å². The van der Waals surface area contributed by atoms with Crippen LogP contribution in [-0.4, -0.2) is 29.1 Å². The van der Waals surface area contributed by atoms with Crippen molar-refractivity contribution in [1.29, 1.82) is 0 Å². The lowest BCUT2D eigenvalue weighted by molar-refractivity contribution is -0.384. The average molecular weight is 386 g/mol. The Hall–Kier alpha value is -2.72. The van der Waals surface area contributed by atoms with Gasteiger partial charge in [0.05, 0.1) is 10.6 Å². The van der Waals surface area contributed by atoms with E-state index in [-0.39, 0.29) is 5.69 Å². The van der Waals surface area contributed by atoms with E-state index in [0.717, 1.165) is 32.9 Å². The summed E-state index contributed by atoms with van der Waals surface area (Å²) < 4.78 is 3.97. The topological polar surface area (TPSA) is 91.2 Å². The molecule has 0 spiro atoms. The zero-order valence-corrected chi connectivity index (χ0v) is 15.6. The molecule has 1 aromatic carbocycles. The molecule has 0 bridgehead atoms. The maximum absolute atomic E-state index is 10.7. The van der Waals surface area contributed by atoms with Crippen molar-refractivity contribution < 1.29 is 4.92 Å². The van der Waals surface area contributed by atoms with Gasteiger partial charge < -0.3 is 4.57 Å². The Balaban J connectivity index is 1.57. The fourth-order valence-electron chi connectivity index (χ4n) is 2.67. The van der Waals surface area contributed by atoms with Crippen molar-refractivity contribution in [2.75, 3.05) is 0 Å². The molecule has 0 saturated carbocycles. The Morgan fingerprint density at radius 1 is 1.27 bits per heavy atom. The van der Waals surface area contributed by atoms with Gasteiger partial charge in [0.2, 0.25) is 0 Å². The summed E-state index contributed by atoms with van der Waals surface area (Å²) in [5, 5.41) is 22.1. The molecular formula is C16H14N6O2S2. The molecule has 0 atom stereocenters. The molecule has 8 nitrogen and oxygen atoms in total. The summed E-state index contributed by atoms with van der Waals surface area (Å²) in [6, 6.07) is 6.55. The second kappa shape index (κ2) is 6.54. The number of benzene rings is 1. The fourth-order valence-corrected chi connectivity index (χ4v) is 4.30. The number of hydrogen-bond donors (Lipinski definition) is 0. The van der Waals surface area contributed by atoms with Gasteiger partial charge in [-0.3, -0.25) is 14.5 Å². The molecule has 132 valence electrons. The molecule has 4 rings (SSSR count). The lowest BCUT2D eigenvalue weighted by Gasteiger charge is -2.04. The Morgan fingerprint density at radius 2 is 2.04 bits per heavy atom. The fraction of sp³-hybridized carbons (Fsp3) is 0.188. The van der Waals surface area contributed by atoms with E-state index in [2.05, 4.69) is 15.2 Å². The highest BCUT2D eigenvalue weighted by atomic mass is 32.2. The van der Waals surface area contributed by atoms with E-state index in [1.54, 1.807) is 23.5 Å². The molecule has 3 aromatic heterocycles. The SMILES string of the molecule is Cc1nc2sccn2c1-c1nnc(SCc2ccc([N+](=O)[O-])cc2)n1C. The summed E-state index contributed by atoms with van der Waals surface area (Å²) in [6.07, 6.45) is 1.98. The van der Waals surface area contributed by atoms with Crippen LogP contribution in [0.1, 0.15) is 11.3 Å². The Kier molecular flexibility index (Phi) is 4.21. The number of thiazole rings is 1. The van der Waals surface area contributed by atoms with Crippen LogP contribution in [0.4, 0.5) is 5.69 Å². The van der Waals surface area contributed by atoms with Gasteiger partial charge in [0.1, 0.15) is 5.69 Å². The van der Waals surface area contributed by atoms with Gasteiger partial charge in [0.15, 0.2) is 15.9 Å². The average Bonchev–Trinajstić information content (AvgIpc) is 3.29. The number of non-ortho nitro benzene ring substituents is 1. The highest BCUT2D eigenvalue weighted by Crippen LogP contribution is 2.29. The van der Waals surface area contributed by atoms with Gasteiger partial charge in [-0.1, -0.05) is 23.9 Å². The molecule has 0 N–H and O–H groups in total. The van der Waals surface area contributed by atoms with Crippen LogP contribution in [0.2, 0.25) is 0 Å². The molecule has 0 aliphatic rings. The lowest BCUT2D eigenvalue weighted by Crippen LogP contribution is -1.98. The Labute approximate surface area is 156 Å². The van der Waals surface area contributed by atoms with E-state index in [0.29, 0.717) is 5.75 Å². The van der Waals surface area contributed by atoms with Crippen molar-refractivity contribution in [2.24, 2.45) is 7.05 Å². The van der Waals surface area contributed by atoms with Crippen molar-refractivity contribution in [2.45, 2.75) is 17.8 Å². The maximum atomic E-state index is 10.7. The van der Waals surface area contributed by atoms with Crippen LogP contribution in [0.3, 0.4) is 0 Å². The zero-order valence-electron chi connectivity index (χ0n) is 14.0. The number of rotatable bonds is 5. The number of aromatic nitrogens is 5. The first-order valence-corrected chi connectivity index (χ1v) is 9.59. The summed E-state index contributed by atoms with van der Waals surface area (Å²) >= 11 is 3.12. The van der Waals surface area contributed by atoms with Crippen LogP contribution in [0.25, 0.3) is 16.5 Å². The lowest BCUT2D eigenvalue weighted by atomic mass is 10.2. The van der Waals surface area contributed by atoms with E-state index >= 15 is 0 Å². The molecule has 0 amide bonds. The van der Waals surface area contributed by atoms with Crippen LogP contribution in [0.5, 0.6) is 0 Å². The summed E-state index contributed by atoms with van der Waals surface area (Å²) in [4.78, 5) is 15.8. The van der Waals surface area contributed by atoms with Crippen molar-refractivity contribution in [3.63, 3.8) is 0 Å². The minimum atomic E-state index is -0.398. The van der Waals surface area contributed by atoms with E-state index in [1.807, 2.05) is 34.5 Å². The molecule has 0 aliphatic heterocycles. The maximum Gasteiger partial charge on any atom is 0.269 e. The number of hydrogen-bond acceptors (Lipinski definition) is 7. The van der Waals surface area contributed by atoms with Gasteiger partial charge in [-0.05, 0) is 12.5 Å². The van der Waals surface area contributed by atoms with Crippen LogP contribution < -0.4 is 0 Å². The van der Waals surface area contributed by atoms with Gasteiger partial charge in [0.25, 0.3) is 5.69 Å². The zero-order chi connectivity index (χ0) is 18.3. The first kappa shape index (κ1) is 16.7. The van der Waals surface area contributed by atoms with Gasteiger partial charge in [0, 0.05) is 36.5 Å². The molecule has 0 aliphatic carbocycles. The molecule has 0 unspecified atom stereocenters. The van der Waals surface area contributed by atoms with Crippen molar-refractivity contribution in [3.8, 4) is 11.5 Å². The van der Waals surface area contributed by atoms with Crippen molar-refractivity contribution in [3.05, 3.63) is 57.2 Å². The third kappa shape index (κ3) is 2.86. The normalized spacial score (nSPS) is 11.3. The smallest absolute Gasteiger partial charge is 0.269 e. The summed E-state index contributed by atoms with van der Waals surface area (Å²) in [5.41, 5.74) is 2.94. The molecule has 0 saturated heterocycles.